The molecule has 1 aliphatic rings. The van der Waals surface area contributed by atoms with Crippen molar-refractivity contribution in [1.29, 1.82) is 0 Å². The molecule has 0 N–H and O–H groups in total. The first kappa shape index (κ1) is 15.0. The second-order valence-corrected chi connectivity index (χ2v) is 6.56. The number of hydrogen-bond acceptors (Lipinski definition) is 5. The second-order valence-electron chi connectivity index (χ2n) is 4.71. The Morgan fingerprint density at radius 1 is 1.35 bits per heavy atom. The van der Waals surface area contributed by atoms with Crippen molar-refractivity contribution in [3.63, 3.8) is 0 Å². The van der Waals surface area contributed by atoms with Gasteiger partial charge in [0.1, 0.15) is 5.56 Å². The van der Waals surface area contributed by atoms with Crippen molar-refractivity contribution >= 4 is 16.0 Å². The summed E-state index contributed by atoms with van der Waals surface area (Å²) in [6, 6.07) is 0. The van der Waals surface area contributed by atoms with E-state index < -0.39 is 16.0 Å². The molecule has 1 fully saturated rings. The van der Waals surface area contributed by atoms with Crippen molar-refractivity contribution in [2.75, 3.05) is 19.7 Å². The average molecular weight is 301 g/mol. The number of hydrogen-bond donors (Lipinski definition) is 0. The topological polar surface area (TPSA) is 81.5 Å². The predicted octanol–water partition coefficient (Wildman–Crippen LogP) is 0.771. The smallest absolute Gasteiger partial charge is 0.342 e. The lowest BCUT2D eigenvalue weighted by Crippen LogP contribution is -2.36. The number of sulfonamides is 1. The Labute approximate surface area is 118 Å². The van der Waals surface area contributed by atoms with E-state index in [1.807, 2.05) is 0 Å². The summed E-state index contributed by atoms with van der Waals surface area (Å²) in [7, 11) is -2.15. The third-order valence-electron chi connectivity index (χ3n) is 3.19. The maximum Gasteiger partial charge on any atom is 0.342 e. The van der Waals surface area contributed by atoms with Crippen LogP contribution in [0, 0.1) is 0 Å². The van der Waals surface area contributed by atoms with Crippen LogP contribution in [0.5, 0.6) is 0 Å². The molecule has 1 saturated heterocycles. The van der Waals surface area contributed by atoms with Gasteiger partial charge in [0.15, 0.2) is 0 Å². The number of aromatic nitrogens is 2. The Balaban J connectivity index is 2.38. The van der Waals surface area contributed by atoms with E-state index in [0.717, 1.165) is 19.3 Å². The number of nitrogens with zero attached hydrogens (tertiary/aromatic N) is 3. The Morgan fingerprint density at radius 2 is 2.00 bits per heavy atom. The number of carbonyl (C=O) groups excluding carboxylic acids is 1. The molecule has 0 aliphatic carbocycles. The van der Waals surface area contributed by atoms with Gasteiger partial charge in [0.25, 0.3) is 10.0 Å². The molecular weight excluding hydrogens is 282 g/mol. The highest BCUT2D eigenvalue weighted by molar-refractivity contribution is 7.89. The molecule has 112 valence electrons. The highest BCUT2D eigenvalue weighted by Crippen LogP contribution is 2.22. The van der Waals surface area contributed by atoms with Crippen LogP contribution in [0.25, 0.3) is 0 Å². The maximum atomic E-state index is 12.6. The molecule has 1 aromatic heterocycles. The summed E-state index contributed by atoms with van der Waals surface area (Å²) >= 11 is 0. The standard InChI is InChI=1S/C12H19N3O4S/c1-3-19-12(16)10-9-14(2)13-11(10)20(17,18)15-7-5-4-6-8-15/h9H,3-8H2,1-2H3. The summed E-state index contributed by atoms with van der Waals surface area (Å²) in [5, 5.41) is 3.74. The van der Waals surface area contributed by atoms with Crippen molar-refractivity contribution in [3.8, 4) is 0 Å². The number of rotatable bonds is 4. The van der Waals surface area contributed by atoms with Crippen LogP contribution in [0.15, 0.2) is 11.2 Å². The summed E-state index contributed by atoms with van der Waals surface area (Å²) in [5.41, 5.74) is -0.0000709. The average Bonchev–Trinajstić information content (AvgIpc) is 2.83. The number of ether oxygens (including phenoxy) is 1. The fraction of sp³-hybridized carbons (Fsp3) is 0.667. The van der Waals surface area contributed by atoms with Crippen molar-refractivity contribution in [3.05, 3.63) is 11.8 Å². The largest absolute Gasteiger partial charge is 0.462 e. The van der Waals surface area contributed by atoms with Crippen molar-refractivity contribution in [2.45, 2.75) is 31.2 Å². The van der Waals surface area contributed by atoms with Crippen LogP contribution in [0.1, 0.15) is 36.5 Å². The molecule has 1 aromatic rings. The third-order valence-corrected chi connectivity index (χ3v) is 5.02. The van der Waals surface area contributed by atoms with Gasteiger partial charge in [0, 0.05) is 26.3 Å². The first-order chi connectivity index (χ1) is 9.46. The van der Waals surface area contributed by atoms with E-state index in [2.05, 4.69) is 5.10 Å². The van der Waals surface area contributed by atoms with E-state index in [4.69, 9.17) is 4.74 Å². The van der Waals surface area contributed by atoms with Crippen LogP contribution in [0.4, 0.5) is 0 Å². The molecule has 0 aromatic carbocycles. The molecule has 1 aliphatic heterocycles. The van der Waals surface area contributed by atoms with Gasteiger partial charge in [0.05, 0.1) is 6.61 Å². The van der Waals surface area contributed by atoms with Crippen LogP contribution in [-0.2, 0) is 21.8 Å². The van der Waals surface area contributed by atoms with Crippen LogP contribution in [0.2, 0.25) is 0 Å². The Bertz CT molecular complexity index is 588. The van der Waals surface area contributed by atoms with E-state index in [9.17, 15) is 13.2 Å². The Hall–Kier alpha value is -1.41. The highest BCUT2D eigenvalue weighted by atomic mass is 32.2. The molecule has 7 nitrogen and oxygen atoms in total. The maximum absolute atomic E-state index is 12.6. The summed E-state index contributed by atoms with van der Waals surface area (Å²) in [4.78, 5) is 11.8. The quantitative estimate of drug-likeness (QED) is 0.767. The monoisotopic (exact) mass is 301 g/mol. The van der Waals surface area contributed by atoms with Gasteiger partial charge in [-0.1, -0.05) is 6.42 Å². The van der Waals surface area contributed by atoms with Crippen LogP contribution >= 0.6 is 0 Å². The predicted molar refractivity (Wildman–Crippen MR) is 71.8 cm³/mol. The summed E-state index contributed by atoms with van der Waals surface area (Å²) in [6.07, 6.45) is 4.08. The molecular formula is C12H19N3O4S. The Morgan fingerprint density at radius 3 is 2.60 bits per heavy atom. The first-order valence-electron chi connectivity index (χ1n) is 6.67. The van der Waals surface area contributed by atoms with Gasteiger partial charge in [-0.05, 0) is 19.8 Å². The molecule has 2 rings (SSSR count). The van der Waals surface area contributed by atoms with Gasteiger partial charge in [-0.15, -0.1) is 0 Å². The first-order valence-corrected chi connectivity index (χ1v) is 8.11. The van der Waals surface area contributed by atoms with Crippen molar-refractivity contribution in [1.82, 2.24) is 14.1 Å². The molecule has 0 amide bonds. The molecule has 0 bridgehead atoms. The van der Waals surface area contributed by atoms with Gasteiger partial charge < -0.3 is 4.74 Å². The summed E-state index contributed by atoms with van der Waals surface area (Å²) in [5.74, 6) is -0.656. The minimum Gasteiger partial charge on any atom is -0.462 e. The summed E-state index contributed by atoms with van der Waals surface area (Å²) in [6.45, 7) is 2.81. The Kier molecular flexibility index (Phi) is 4.44. The van der Waals surface area contributed by atoms with Gasteiger partial charge >= 0.3 is 5.97 Å². The van der Waals surface area contributed by atoms with E-state index in [1.165, 1.54) is 15.2 Å². The van der Waals surface area contributed by atoms with Crippen molar-refractivity contribution < 1.29 is 17.9 Å². The molecule has 0 atom stereocenters. The molecule has 20 heavy (non-hydrogen) atoms. The SMILES string of the molecule is CCOC(=O)c1cn(C)nc1S(=O)(=O)N1CCCCC1. The fourth-order valence-corrected chi connectivity index (χ4v) is 3.86. The number of piperidine rings is 1. The second kappa shape index (κ2) is 5.92. The van der Waals surface area contributed by atoms with Crippen LogP contribution in [0.3, 0.4) is 0 Å². The molecule has 8 heteroatoms. The number of esters is 1. The van der Waals surface area contributed by atoms with Crippen LogP contribution in [-0.4, -0.2) is 48.2 Å². The number of aryl methyl sites for hydroxylation is 1. The number of carbonyl (C=O) groups is 1. The van der Waals surface area contributed by atoms with E-state index >= 15 is 0 Å². The molecule has 0 spiro atoms. The molecule has 0 saturated carbocycles. The molecule has 0 radical (unpaired) electrons. The lowest BCUT2D eigenvalue weighted by molar-refractivity contribution is 0.0521. The van der Waals surface area contributed by atoms with E-state index in [-0.39, 0.29) is 17.2 Å². The van der Waals surface area contributed by atoms with Gasteiger partial charge in [-0.2, -0.15) is 9.40 Å². The third kappa shape index (κ3) is 2.85. The van der Waals surface area contributed by atoms with E-state index in [0.29, 0.717) is 13.1 Å². The van der Waals surface area contributed by atoms with Gasteiger partial charge in [-0.25, -0.2) is 13.2 Å². The molecule has 0 unspecified atom stereocenters. The minimum atomic E-state index is -3.73. The van der Waals surface area contributed by atoms with Crippen LogP contribution < -0.4 is 0 Å². The zero-order valence-corrected chi connectivity index (χ0v) is 12.5. The lowest BCUT2D eigenvalue weighted by Gasteiger charge is -2.25. The molecule has 2 heterocycles. The zero-order chi connectivity index (χ0) is 14.8. The fourth-order valence-electron chi connectivity index (χ4n) is 2.23. The lowest BCUT2D eigenvalue weighted by atomic mass is 10.2. The van der Waals surface area contributed by atoms with Gasteiger partial charge in [0.2, 0.25) is 5.03 Å². The zero-order valence-electron chi connectivity index (χ0n) is 11.7. The van der Waals surface area contributed by atoms with Gasteiger partial charge in [-0.3, -0.25) is 4.68 Å². The minimum absolute atomic E-state index is 0.0000709. The van der Waals surface area contributed by atoms with Crippen molar-refractivity contribution in [2.24, 2.45) is 7.05 Å². The highest BCUT2D eigenvalue weighted by Gasteiger charge is 2.33. The summed E-state index contributed by atoms with van der Waals surface area (Å²) < 4.78 is 32.7. The van der Waals surface area contributed by atoms with E-state index in [1.54, 1.807) is 14.0 Å². The normalized spacial score (nSPS) is 17.1.